The fraction of sp³-hybridized carbons (Fsp3) is 0.176. The van der Waals surface area contributed by atoms with Gasteiger partial charge in [-0.2, -0.15) is 0 Å². The van der Waals surface area contributed by atoms with E-state index in [9.17, 15) is 9.59 Å². The molecule has 0 spiro atoms. The molecule has 0 fully saturated rings. The van der Waals surface area contributed by atoms with E-state index in [1.807, 2.05) is 6.07 Å². The van der Waals surface area contributed by atoms with Crippen LogP contribution in [0.25, 0.3) is 0 Å². The van der Waals surface area contributed by atoms with Gasteiger partial charge in [-0.05, 0) is 36.4 Å². The second-order valence-electron chi connectivity index (χ2n) is 5.03. The first-order valence-corrected chi connectivity index (χ1v) is 7.60. The van der Waals surface area contributed by atoms with E-state index in [2.05, 4.69) is 5.32 Å². The fourth-order valence-electron chi connectivity index (χ4n) is 2.10. The average molecular weight is 348 g/mol. The molecule has 2 aromatic carbocycles. The molecule has 6 nitrogen and oxygen atoms in total. The summed E-state index contributed by atoms with van der Waals surface area (Å²) in [5.41, 5.74) is 0.562. The van der Waals surface area contributed by atoms with Crippen molar-refractivity contribution >= 4 is 29.2 Å². The molecule has 0 bridgehead atoms. The maximum atomic E-state index is 12.0. The van der Waals surface area contributed by atoms with Crippen molar-refractivity contribution in [1.29, 1.82) is 0 Å². The zero-order valence-corrected chi connectivity index (χ0v) is 13.3. The van der Waals surface area contributed by atoms with E-state index >= 15 is 0 Å². The third-order valence-corrected chi connectivity index (χ3v) is 3.50. The van der Waals surface area contributed by atoms with Crippen LogP contribution in [0.3, 0.4) is 0 Å². The zero-order chi connectivity index (χ0) is 16.9. The summed E-state index contributed by atoms with van der Waals surface area (Å²) in [4.78, 5) is 23.8. The lowest BCUT2D eigenvalue weighted by molar-refractivity contribution is -0.156. The van der Waals surface area contributed by atoms with Crippen LogP contribution in [0.1, 0.15) is 0 Å². The Balaban J connectivity index is 1.49. The van der Waals surface area contributed by atoms with Crippen molar-refractivity contribution in [2.75, 3.05) is 18.5 Å². The summed E-state index contributed by atoms with van der Waals surface area (Å²) in [6.45, 7) is -0.377. The number of carbonyl (C=O) groups is 2. The van der Waals surface area contributed by atoms with Crippen molar-refractivity contribution in [3.8, 4) is 11.5 Å². The molecule has 0 saturated carbocycles. The number of amides is 1. The van der Waals surface area contributed by atoms with Crippen LogP contribution >= 0.6 is 11.6 Å². The minimum absolute atomic E-state index is 0.0364. The van der Waals surface area contributed by atoms with E-state index in [0.29, 0.717) is 22.2 Å². The Morgan fingerprint density at radius 3 is 2.58 bits per heavy atom. The molecular formula is C17H14ClNO5. The van der Waals surface area contributed by atoms with E-state index in [-0.39, 0.29) is 6.61 Å². The lowest BCUT2D eigenvalue weighted by Crippen LogP contribution is -2.39. The number of carbonyl (C=O) groups excluding carboxylic acids is 2. The first-order valence-electron chi connectivity index (χ1n) is 7.22. The molecular weight excluding hydrogens is 334 g/mol. The second kappa shape index (κ2) is 7.23. The third kappa shape index (κ3) is 3.97. The summed E-state index contributed by atoms with van der Waals surface area (Å²) >= 11 is 5.77. The number of para-hydroxylation sites is 2. The van der Waals surface area contributed by atoms with Crippen LogP contribution in [0.2, 0.25) is 5.02 Å². The molecule has 0 unspecified atom stereocenters. The van der Waals surface area contributed by atoms with Gasteiger partial charge in [0.15, 0.2) is 18.1 Å². The molecule has 1 aliphatic rings. The minimum atomic E-state index is -0.900. The van der Waals surface area contributed by atoms with Gasteiger partial charge in [0.1, 0.15) is 6.61 Å². The third-order valence-electron chi connectivity index (χ3n) is 3.24. The van der Waals surface area contributed by atoms with Crippen LogP contribution in [0.15, 0.2) is 48.5 Å². The lowest BCUT2D eigenvalue weighted by atomic mass is 10.2. The number of esters is 1. The van der Waals surface area contributed by atoms with E-state index in [1.54, 1.807) is 42.5 Å². The van der Waals surface area contributed by atoms with Gasteiger partial charge in [0, 0.05) is 10.7 Å². The largest absolute Gasteiger partial charge is 0.485 e. The Labute approximate surface area is 143 Å². The molecule has 24 heavy (non-hydrogen) atoms. The predicted octanol–water partition coefficient (Wildman–Crippen LogP) is 2.66. The number of nitrogens with one attached hydrogen (secondary N) is 1. The van der Waals surface area contributed by atoms with Gasteiger partial charge in [-0.25, -0.2) is 4.79 Å². The highest BCUT2D eigenvalue weighted by Gasteiger charge is 2.29. The van der Waals surface area contributed by atoms with Crippen LogP contribution in [0.4, 0.5) is 5.69 Å². The Kier molecular flexibility index (Phi) is 4.86. The standard InChI is InChI=1S/C17H14ClNO5/c18-11-5-7-12(8-6-11)19-16(20)10-23-17(21)15-9-22-13-3-1-2-4-14(13)24-15/h1-8,15H,9-10H2,(H,19,20)/t15-/m0/s1. The molecule has 7 heteroatoms. The summed E-state index contributed by atoms with van der Waals surface area (Å²) in [7, 11) is 0. The van der Waals surface area contributed by atoms with Gasteiger partial charge in [0.05, 0.1) is 0 Å². The first-order chi connectivity index (χ1) is 11.6. The monoisotopic (exact) mass is 347 g/mol. The molecule has 2 aromatic rings. The van der Waals surface area contributed by atoms with Crippen LogP contribution in [-0.2, 0) is 14.3 Å². The van der Waals surface area contributed by atoms with Gasteiger partial charge in [0.2, 0.25) is 6.10 Å². The van der Waals surface area contributed by atoms with Crippen molar-refractivity contribution in [3.63, 3.8) is 0 Å². The van der Waals surface area contributed by atoms with Crippen LogP contribution in [-0.4, -0.2) is 31.2 Å². The molecule has 0 aliphatic carbocycles. The Hall–Kier alpha value is -2.73. The highest BCUT2D eigenvalue weighted by molar-refractivity contribution is 6.30. The maximum Gasteiger partial charge on any atom is 0.351 e. The lowest BCUT2D eigenvalue weighted by Gasteiger charge is -2.24. The predicted molar refractivity (Wildman–Crippen MR) is 87.4 cm³/mol. The van der Waals surface area contributed by atoms with Crippen molar-refractivity contribution in [2.24, 2.45) is 0 Å². The Morgan fingerprint density at radius 2 is 1.83 bits per heavy atom. The quantitative estimate of drug-likeness (QED) is 0.861. The molecule has 124 valence electrons. The van der Waals surface area contributed by atoms with Gasteiger partial charge in [0.25, 0.3) is 5.91 Å². The van der Waals surface area contributed by atoms with Gasteiger partial charge in [-0.1, -0.05) is 23.7 Å². The summed E-state index contributed by atoms with van der Waals surface area (Å²) < 4.78 is 15.9. The summed E-state index contributed by atoms with van der Waals surface area (Å²) in [6, 6.07) is 13.6. The molecule has 1 amide bonds. The minimum Gasteiger partial charge on any atom is -0.485 e. The molecule has 0 radical (unpaired) electrons. The smallest absolute Gasteiger partial charge is 0.351 e. The maximum absolute atomic E-state index is 12.0. The van der Waals surface area contributed by atoms with Gasteiger partial charge in [-0.3, -0.25) is 4.79 Å². The van der Waals surface area contributed by atoms with Crippen molar-refractivity contribution in [2.45, 2.75) is 6.10 Å². The number of hydrogen-bond donors (Lipinski definition) is 1. The highest BCUT2D eigenvalue weighted by atomic mass is 35.5. The molecule has 1 aliphatic heterocycles. The number of hydrogen-bond acceptors (Lipinski definition) is 5. The number of ether oxygens (including phenoxy) is 3. The number of halogens is 1. The fourth-order valence-corrected chi connectivity index (χ4v) is 2.22. The van der Waals surface area contributed by atoms with Crippen molar-refractivity contribution in [3.05, 3.63) is 53.6 Å². The molecule has 1 heterocycles. The topological polar surface area (TPSA) is 73.9 Å². The molecule has 0 saturated heterocycles. The second-order valence-corrected chi connectivity index (χ2v) is 5.46. The van der Waals surface area contributed by atoms with E-state index in [1.165, 1.54) is 0 Å². The van der Waals surface area contributed by atoms with Crippen LogP contribution < -0.4 is 14.8 Å². The van der Waals surface area contributed by atoms with Gasteiger partial charge in [-0.15, -0.1) is 0 Å². The number of anilines is 1. The molecule has 1 N–H and O–H groups in total. The first kappa shape index (κ1) is 16.1. The number of benzene rings is 2. The van der Waals surface area contributed by atoms with Crippen molar-refractivity contribution in [1.82, 2.24) is 0 Å². The van der Waals surface area contributed by atoms with Gasteiger partial charge < -0.3 is 19.5 Å². The van der Waals surface area contributed by atoms with Crippen LogP contribution in [0.5, 0.6) is 11.5 Å². The highest BCUT2D eigenvalue weighted by Crippen LogP contribution is 2.31. The summed E-state index contributed by atoms with van der Waals surface area (Å²) in [6.07, 6.45) is -0.900. The molecule has 0 aromatic heterocycles. The summed E-state index contributed by atoms with van der Waals surface area (Å²) in [5, 5.41) is 3.16. The van der Waals surface area contributed by atoms with Gasteiger partial charge >= 0.3 is 5.97 Å². The Morgan fingerprint density at radius 1 is 1.12 bits per heavy atom. The zero-order valence-electron chi connectivity index (χ0n) is 12.5. The summed E-state index contributed by atoms with van der Waals surface area (Å²) in [5.74, 6) is -0.0723. The number of fused-ring (bicyclic) bond motifs is 1. The normalized spacial score (nSPS) is 15.5. The SMILES string of the molecule is O=C(COC(=O)[C@@H]1COc2ccccc2O1)Nc1ccc(Cl)cc1. The average Bonchev–Trinajstić information content (AvgIpc) is 2.61. The van der Waals surface area contributed by atoms with Crippen LogP contribution in [0, 0.1) is 0 Å². The van der Waals surface area contributed by atoms with E-state index in [0.717, 1.165) is 0 Å². The number of rotatable bonds is 4. The van der Waals surface area contributed by atoms with E-state index in [4.69, 9.17) is 25.8 Å². The molecule has 1 atom stereocenters. The van der Waals surface area contributed by atoms with E-state index < -0.39 is 24.6 Å². The Bertz CT molecular complexity index is 747. The van der Waals surface area contributed by atoms with Crippen molar-refractivity contribution < 1.29 is 23.8 Å². The molecule has 3 rings (SSSR count).